The van der Waals surface area contributed by atoms with E-state index in [4.69, 9.17) is 9.84 Å². The molecule has 204 valence electrons. The molecule has 0 bridgehead atoms. The number of carbonyl (C=O) groups is 2. The second-order valence-corrected chi connectivity index (χ2v) is 9.16. The first-order chi connectivity index (χ1) is 18.0. The molecule has 1 fully saturated rings. The quantitative estimate of drug-likeness (QED) is 0.476. The Balaban J connectivity index is 1.72. The Hall–Kier alpha value is -3.87. The number of likely N-dealkylation sites (tertiary alicyclic amines) is 1. The van der Waals surface area contributed by atoms with Gasteiger partial charge in [0.1, 0.15) is 17.8 Å². The predicted octanol–water partition coefficient (Wildman–Crippen LogP) is 1.75. The maximum atomic E-state index is 13.6. The zero-order valence-corrected chi connectivity index (χ0v) is 20.9. The SMILES string of the molecule is Cc1nc2c(c(OCC(F)(F)F)c(C(=O)NC3CCN(C(=O)CO)CC3)n2C)c(=O)n1Cc1ccccc1. The van der Waals surface area contributed by atoms with Crippen LogP contribution in [0, 0.1) is 6.92 Å². The molecule has 1 saturated heterocycles. The largest absolute Gasteiger partial charge is 0.481 e. The summed E-state index contributed by atoms with van der Waals surface area (Å²) in [6, 6.07) is 8.66. The molecule has 0 unspecified atom stereocenters. The second kappa shape index (κ2) is 10.9. The summed E-state index contributed by atoms with van der Waals surface area (Å²) in [6.07, 6.45) is -3.92. The molecule has 1 aliphatic rings. The molecule has 3 aromatic rings. The number of alkyl halides is 3. The summed E-state index contributed by atoms with van der Waals surface area (Å²) in [4.78, 5) is 44.5. The Kier molecular flexibility index (Phi) is 7.76. The highest BCUT2D eigenvalue weighted by molar-refractivity contribution is 6.03. The number of aryl methyl sites for hydroxylation is 2. The first kappa shape index (κ1) is 27.2. The van der Waals surface area contributed by atoms with Gasteiger partial charge in [0.25, 0.3) is 11.5 Å². The fourth-order valence-electron chi connectivity index (χ4n) is 4.59. The van der Waals surface area contributed by atoms with E-state index < -0.39 is 42.5 Å². The van der Waals surface area contributed by atoms with Crippen LogP contribution in [0.2, 0.25) is 0 Å². The number of benzene rings is 1. The number of carbonyl (C=O) groups excluding carboxylic acids is 2. The Morgan fingerprint density at radius 2 is 1.84 bits per heavy atom. The number of piperidine rings is 1. The predicted molar refractivity (Wildman–Crippen MR) is 131 cm³/mol. The third-order valence-electron chi connectivity index (χ3n) is 6.53. The molecule has 0 aliphatic carbocycles. The number of ether oxygens (including phenoxy) is 1. The summed E-state index contributed by atoms with van der Waals surface area (Å²) in [5.41, 5.74) is -0.0578. The number of aromatic nitrogens is 3. The van der Waals surface area contributed by atoms with Gasteiger partial charge < -0.3 is 24.6 Å². The smallest absolute Gasteiger partial charge is 0.422 e. The maximum Gasteiger partial charge on any atom is 0.422 e. The number of amides is 2. The van der Waals surface area contributed by atoms with E-state index in [9.17, 15) is 27.6 Å². The summed E-state index contributed by atoms with van der Waals surface area (Å²) < 4.78 is 47.1. The van der Waals surface area contributed by atoms with Crippen molar-refractivity contribution in [2.45, 2.75) is 38.5 Å². The van der Waals surface area contributed by atoms with Crippen molar-refractivity contribution in [2.75, 3.05) is 26.3 Å². The van der Waals surface area contributed by atoms with Crippen LogP contribution in [0.25, 0.3) is 11.0 Å². The molecule has 10 nitrogen and oxygen atoms in total. The van der Waals surface area contributed by atoms with Crippen LogP contribution in [0.5, 0.6) is 5.75 Å². The molecule has 3 heterocycles. The van der Waals surface area contributed by atoms with Gasteiger partial charge in [-0.1, -0.05) is 30.3 Å². The van der Waals surface area contributed by atoms with Crippen LogP contribution in [-0.4, -0.2) is 74.5 Å². The molecule has 2 N–H and O–H groups in total. The molecule has 1 aliphatic heterocycles. The standard InChI is InChI=1S/C25H28F3N5O5/c1-15-29-22-19(24(37)33(15)12-16-6-4-3-5-7-16)21(38-14-25(26,27)28)20(31(22)2)23(36)30-17-8-10-32(11-9-17)18(35)13-34/h3-7,17,34H,8-14H2,1-2H3,(H,30,36). The lowest BCUT2D eigenvalue weighted by molar-refractivity contribution is -0.153. The third-order valence-corrected chi connectivity index (χ3v) is 6.53. The van der Waals surface area contributed by atoms with Gasteiger partial charge in [0.05, 0.1) is 6.54 Å². The number of nitrogens with zero attached hydrogens (tertiary/aromatic N) is 4. The highest BCUT2D eigenvalue weighted by Crippen LogP contribution is 2.31. The van der Waals surface area contributed by atoms with E-state index in [1.807, 2.05) is 6.07 Å². The minimum atomic E-state index is -4.71. The van der Waals surface area contributed by atoms with Gasteiger partial charge in [0.15, 0.2) is 23.7 Å². The fraction of sp³-hybridized carbons (Fsp3) is 0.440. The molecule has 0 atom stereocenters. The number of hydrogen-bond donors (Lipinski definition) is 2. The molecule has 1 aromatic carbocycles. The van der Waals surface area contributed by atoms with E-state index in [-0.39, 0.29) is 29.3 Å². The Bertz CT molecular complexity index is 1390. The van der Waals surface area contributed by atoms with Gasteiger partial charge in [-0.05, 0) is 25.3 Å². The third kappa shape index (κ3) is 5.67. The summed E-state index contributed by atoms with van der Waals surface area (Å²) in [5.74, 6) is -1.30. The number of fused-ring (bicyclic) bond motifs is 1. The summed E-state index contributed by atoms with van der Waals surface area (Å²) in [7, 11) is 1.44. The zero-order chi connectivity index (χ0) is 27.6. The lowest BCUT2D eigenvalue weighted by atomic mass is 10.0. The van der Waals surface area contributed by atoms with Crippen molar-refractivity contribution < 1.29 is 32.6 Å². The lowest BCUT2D eigenvalue weighted by Crippen LogP contribution is -2.47. The van der Waals surface area contributed by atoms with E-state index in [0.717, 1.165) is 5.56 Å². The Morgan fingerprint density at radius 1 is 1.18 bits per heavy atom. The van der Waals surface area contributed by atoms with Crippen LogP contribution < -0.4 is 15.6 Å². The average Bonchev–Trinajstić information content (AvgIpc) is 3.16. The molecule has 0 saturated carbocycles. The molecule has 38 heavy (non-hydrogen) atoms. The maximum absolute atomic E-state index is 13.6. The highest BCUT2D eigenvalue weighted by Gasteiger charge is 2.34. The Morgan fingerprint density at radius 3 is 2.45 bits per heavy atom. The number of nitrogens with one attached hydrogen (secondary N) is 1. The van der Waals surface area contributed by atoms with Crippen LogP contribution in [-0.2, 0) is 18.4 Å². The van der Waals surface area contributed by atoms with Crippen molar-refractivity contribution in [3.05, 3.63) is 57.8 Å². The van der Waals surface area contributed by atoms with E-state index in [0.29, 0.717) is 31.8 Å². The van der Waals surface area contributed by atoms with Crippen LogP contribution in [0.3, 0.4) is 0 Å². The molecule has 4 rings (SSSR count). The van der Waals surface area contributed by atoms with Crippen LogP contribution >= 0.6 is 0 Å². The zero-order valence-electron chi connectivity index (χ0n) is 20.9. The van der Waals surface area contributed by atoms with E-state index in [1.54, 1.807) is 31.2 Å². The minimum Gasteiger partial charge on any atom is -0.481 e. The number of hydrogen-bond acceptors (Lipinski definition) is 6. The van der Waals surface area contributed by atoms with Crippen LogP contribution in [0.4, 0.5) is 13.2 Å². The van der Waals surface area contributed by atoms with Crippen molar-refractivity contribution in [2.24, 2.45) is 7.05 Å². The molecular weight excluding hydrogens is 507 g/mol. The number of rotatable bonds is 7. The molecule has 0 spiro atoms. The van der Waals surface area contributed by atoms with Gasteiger partial charge in [0.2, 0.25) is 5.91 Å². The number of halogens is 3. The van der Waals surface area contributed by atoms with Gasteiger partial charge in [-0.2, -0.15) is 13.2 Å². The van der Waals surface area contributed by atoms with E-state index in [1.165, 1.54) is 21.1 Å². The highest BCUT2D eigenvalue weighted by atomic mass is 19.4. The first-order valence-electron chi connectivity index (χ1n) is 12.0. The van der Waals surface area contributed by atoms with Crippen molar-refractivity contribution in [3.63, 3.8) is 0 Å². The molecular formula is C25H28F3N5O5. The van der Waals surface area contributed by atoms with Crippen molar-refractivity contribution in [1.29, 1.82) is 0 Å². The fourth-order valence-corrected chi connectivity index (χ4v) is 4.59. The van der Waals surface area contributed by atoms with Gasteiger partial charge >= 0.3 is 6.18 Å². The number of aliphatic hydroxyl groups excluding tert-OH is 1. The normalized spacial score (nSPS) is 14.6. The molecule has 0 radical (unpaired) electrons. The van der Waals surface area contributed by atoms with Crippen molar-refractivity contribution >= 4 is 22.8 Å². The Labute approximate surface area is 215 Å². The summed E-state index contributed by atoms with van der Waals surface area (Å²) in [5, 5.41) is 11.6. The monoisotopic (exact) mass is 535 g/mol. The van der Waals surface area contributed by atoms with Gasteiger partial charge in [0, 0.05) is 26.2 Å². The molecule has 2 amide bonds. The topological polar surface area (TPSA) is 119 Å². The van der Waals surface area contributed by atoms with Crippen molar-refractivity contribution in [3.8, 4) is 5.75 Å². The van der Waals surface area contributed by atoms with Crippen molar-refractivity contribution in [1.82, 2.24) is 24.3 Å². The van der Waals surface area contributed by atoms with Gasteiger partial charge in [-0.25, -0.2) is 4.98 Å². The first-order valence-corrected chi connectivity index (χ1v) is 12.0. The average molecular weight is 536 g/mol. The second-order valence-electron chi connectivity index (χ2n) is 9.16. The van der Waals surface area contributed by atoms with Gasteiger partial charge in [-0.15, -0.1) is 0 Å². The summed E-state index contributed by atoms with van der Waals surface area (Å²) in [6.45, 7) is 0.0493. The van der Waals surface area contributed by atoms with Crippen LogP contribution in [0.1, 0.15) is 34.7 Å². The van der Waals surface area contributed by atoms with Gasteiger partial charge in [-0.3, -0.25) is 19.0 Å². The van der Waals surface area contributed by atoms with E-state index >= 15 is 0 Å². The summed E-state index contributed by atoms with van der Waals surface area (Å²) >= 11 is 0. The lowest BCUT2D eigenvalue weighted by Gasteiger charge is -2.32. The number of aliphatic hydroxyl groups is 1. The van der Waals surface area contributed by atoms with E-state index in [2.05, 4.69) is 10.3 Å². The minimum absolute atomic E-state index is 0.0301. The molecule has 13 heteroatoms. The van der Waals surface area contributed by atoms with Crippen LogP contribution in [0.15, 0.2) is 35.1 Å². The molecule has 2 aromatic heterocycles.